The summed E-state index contributed by atoms with van der Waals surface area (Å²) >= 11 is 0. The van der Waals surface area contributed by atoms with Crippen molar-refractivity contribution in [1.82, 2.24) is 14.7 Å². The number of benzene rings is 1. The van der Waals surface area contributed by atoms with Crippen LogP contribution in [0.25, 0.3) is 0 Å². The first-order chi connectivity index (χ1) is 14.5. The molecule has 0 spiro atoms. The van der Waals surface area contributed by atoms with Gasteiger partial charge in [-0.15, -0.1) is 0 Å². The van der Waals surface area contributed by atoms with E-state index < -0.39 is 0 Å². The Morgan fingerprint density at radius 3 is 2.37 bits per heavy atom. The summed E-state index contributed by atoms with van der Waals surface area (Å²) in [5.74, 6) is -0.901. The van der Waals surface area contributed by atoms with Crippen LogP contribution in [-0.4, -0.2) is 73.5 Å². The Morgan fingerprint density at radius 1 is 1.10 bits per heavy atom. The van der Waals surface area contributed by atoms with Gasteiger partial charge in [0, 0.05) is 58.4 Å². The number of hydrogen-bond acceptors (Lipinski definition) is 5. The summed E-state index contributed by atoms with van der Waals surface area (Å²) in [5, 5.41) is 0. The number of ether oxygens (including phenoxy) is 1. The van der Waals surface area contributed by atoms with Gasteiger partial charge in [-0.05, 0) is 29.7 Å². The number of rotatable bonds is 5. The lowest BCUT2D eigenvalue weighted by Gasteiger charge is -2.37. The fraction of sp³-hybridized carbons (Fsp3) is 0.478. The van der Waals surface area contributed by atoms with Gasteiger partial charge in [-0.3, -0.25) is 14.6 Å². The Bertz CT molecular complexity index is 872. The van der Waals surface area contributed by atoms with Crippen molar-refractivity contribution in [3.63, 3.8) is 0 Å². The van der Waals surface area contributed by atoms with Gasteiger partial charge in [0.1, 0.15) is 5.82 Å². The van der Waals surface area contributed by atoms with E-state index in [0.29, 0.717) is 12.0 Å². The number of halogens is 1. The number of amides is 1. The Kier molecular flexibility index (Phi) is 6.01. The van der Waals surface area contributed by atoms with E-state index >= 15 is 0 Å². The first-order valence-corrected chi connectivity index (χ1v) is 10.4. The van der Waals surface area contributed by atoms with Crippen LogP contribution in [0.5, 0.6) is 0 Å². The maximum absolute atomic E-state index is 13.1. The van der Waals surface area contributed by atoms with Crippen LogP contribution in [0.4, 0.5) is 4.39 Å². The quantitative estimate of drug-likeness (QED) is 0.546. The molecule has 160 valence electrons. The zero-order valence-electron chi connectivity index (χ0n) is 17.5. The zero-order chi connectivity index (χ0) is 21.3. The number of nitrogens with zero attached hydrogens (tertiary/aromatic N) is 3. The summed E-state index contributed by atoms with van der Waals surface area (Å²) in [6.07, 6.45) is 4.46. The van der Waals surface area contributed by atoms with E-state index in [1.54, 1.807) is 13.2 Å². The molecule has 4 rings (SSSR count). The molecular formula is C23H28FN3O3. The summed E-state index contributed by atoms with van der Waals surface area (Å²) in [6.45, 7) is 5.26. The predicted molar refractivity (Wildman–Crippen MR) is 111 cm³/mol. The van der Waals surface area contributed by atoms with Crippen molar-refractivity contribution in [2.45, 2.75) is 13.0 Å². The number of methoxy groups -OCH3 is 1. The number of fused-ring (bicyclic) bond motifs is 1. The molecular weight excluding hydrogens is 385 g/mol. The molecule has 1 amide bonds. The van der Waals surface area contributed by atoms with Crippen molar-refractivity contribution < 1.29 is 18.7 Å². The number of carbonyl (C=O) groups is 2. The van der Waals surface area contributed by atoms with Crippen molar-refractivity contribution in [2.75, 3.05) is 46.9 Å². The van der Waals surface area contributed by atoms with Crippen molar-refractivity contribution in [3.05, 3.63) is 59.1 Å². The molecule has 2 atom stereocenters. The van der Waals surface area contributed by atoms with Crippen LogP contribution in [0.15, 0.2) is 47.7 Å². The van der Waals surface area contributed by atoms with E-state index in [1.807, 2.05) is 12.1 Å². The van der Waals surface area contributed by atoms with Crippen molar-refractivity contribution in [1.29, 1.82) is 0 Å². The monoisotopic (exact) mass is 413 g/mol. The van der Waals surface area contributed by atoms with Crippen LogP contribution in [0.2, 0.25) is 0 Å². The molecule has 0 saturated carbocycles. The number of esters is 1. The van der Waals surface area contributed by atoms with E-state index in [2.05, 4.69) is 15.9 Å². The van der Waals surface area contributed by atoms with Crippen LogP contribution in [0, 0.1) is 17.7 Å². The largest absolute Gasteiger partial charge is 0.466 e. The summed E-state index contributed by atoms with van der Waals surface area (Å²) in [5.41, 5.74) is 2.81. The highest BCUT2D eigenvalue weighted by atomic mass is 19.1. The van der Waals surface area contributed by atoms with Gasteiger partial charge in [0.05, 0.1) is 18.6 Å². The van der Waals surface area contributed by atoms with E-state index in [-0.39, 0.29) is 29.5 Å². The Morgan fingerprint density at radius 2 is 1.73 bits per heavy atom. The van der Waals surface area contributed by atoms with Crippen LogP contribution in [0.1, 0.15) is 12.0 Å². The smallest absolute Gasteiger partial charge is 0.335 e. The van der Waals surface area contributed by atoms with Crippen LogP contribution >= 0.6 is 0 Å². The lowest BCUT2D eigenvalue weighted by molar-refractivity contribution is -0.138. The maximum atomic E-state index is 13.1. The second-order valence-electron chi connectivity index (χ2n) is 8.30. The topological polar surface area (TPSA) is 53.1 Å². The van der Waals surface area contributed by atoms with E-state index in [0.717, 1.165) is 50.4 Å². The minimum atomic E-state index is -0.353. The fourth-order valence-electron chi connectivity index (χ4n) is 4.72. The molecule has 1 aromatic rings. The summed E-state index contributed by atoms with van der Waals surface area (Å²) < 4.78 is 18.0. The number of hydrogen-bond donors (Lipinski definition) is 0. The van der Waals surface area contributed by atoms with Gasteiger partial charge in [-0.1, -0.05) is 18.2 Å². The zero-order valence-corrected chi connectivity index (χ0v) is 17.5. The molecule has 2 heterocycles. The van der Waals surface area contributed by atoms with Crippen LogP contribution in [-0.2, 0) is 20.9 Å². The molecule has 3 aliphatic rings. The molecule has 1 fully saturated rings. The fourth-order valence-corrected chi connectivity index (χ4v) is 4.72. The van der Waals surface area contributed by atoms with Gasteiger partial charge < -0.3 is 9.64 Å². The third-order valence-corrected chi connectivity index (χ3v) is 6.39. The average molecular weight is 413 g/mol. The minimum Gasteiger partial charge on any atom is -0.466 e. The van der Waals surface area contributed by atoms with Crippen molar-refractivity contribution >= 4 is 11.9 Å². The summed E-state index contributed by atoms with van der Waals surface area (Å²) in [6, 6.07) is 6.68. The number of piperazine rings is 1. The SMILES string of the molecule is COC(=O)C1=CN(C)C(=O)[C@@H]2C(CN3CCN(Cc4ccc(F)cc4)CC3)=CC[C@H]12. The molecule has 1 aliphatic carbocycles. The van der Waals surface area contributed by atoms with Gasteiger partial charge in [0.2, 0.25) is 5.91 Å². The first-order valence-electron chi connectivity index (χ1n) is 10.4. The van der Waals surface area contributed by atoms with E-state index in [1.165, 1.54) is 24.1 Å². The first kappa shape index (κ1) is 20.8. The highest BCUT2D eigenvalue weighted by Crippen LogP contribution is 2.41. The van der Waals surface area contributed by atoms with Crippen molar-refractivity contribution in [2.24, 2.45) is 11.8 Å². The highest BCUT2D eigenvalue weighted by molar-refractivity contribution is 5.95. The van der Waals surface area contributed by atoms with E-state index in [9.17, 15) is 14.0 Å². The van der Waals surface area contributed by atoms with Gasteiger partial charge in [-0.2, -0.15) is 0 Å². The summed E-state index contributed by atoms with van der Waals surface area (Å²) in [4.78, 5) is 31.3. The lowest BCUT2D eigenvalue weighted by Crippen LogP contribution is -2.47. The number of allylic oxidation sites excluding steroid dienone is 1. The maximum Gasteiger partial charge on any atom is 0.335 e. The molecule has 1 saturated heterocycles. The molecule has 7 heteroatoms. The molecule has 1 aromatic carbocycles. The van der Waals surface area contributed by atoms with Gasteiger partial charge in [-0.25, -0.2) is 9.18 Å². The molecule has 6 nitrogen and oxygen atoms in total. The molecule has 0 N–H and O–H groups in total. The highest BCUT2D eigenvalue weighted by Gasteiger charge is 2.44. The van der Waals surface area contributed by atoms with Crippen LogP contribution < -0.4 is 0 Å². The van der Waals surface area contributed by atoms with E-state index in [4.69, 9.17) is 4.74 Å². The molecule has 0 aromatic heterocycles. The standard InChI is InChI=1S/C23H28FN3O3/c1-25-15-20(23(29)30-2)19-8-5-17(21(19)22(25)28)14-27-11-9-26(10-12-27)13-16-3-6-18(24)7-4-16/h3-7,15,19,21H,8-14H2,1-2H3/t19-,21-/m1/s1. The minimum absolute atomic E-state index is 0.0475. The Labute approximate surface area is 176 Å². The van der Waals surface area contributed by atoms with Gasteiger partial charge in [0.25, 0.3) is 0 Å². The summed E-state index contributed by atoms with van der Waals surface area (Å²) in [7, 11) is 3.08. The predicted octanol–water partition coefficient (Wildman–Crippen LogP) is 2.03. The Balaban J connectivity index is 1.34. The molecule has 0 radical (unpaired) electrons. The Hall–Kier alpha value is -2.51. The average Bonchev–Trinajstić information content (AvgIpc) is 3.17. The molecule has 0 bridgehead atoms. The third kappa shape index (κ3) is 4.18. The van der Waals surface area contributed by atoms with Gasteiger partial charge in [0.15, 0.2) is 0 Å². The second-order valence-corrected chi connectivity index (χ2v) is 8.30. The molecule has 30 heavy (non-hydrogen) atoms. The third-order valence-electron chi connectivity index (χ3n) is 6.39. The molecule has 0 unspecified atom stereocenters. The lowest BCUT2D eigenvalue weighted by atomic mass is 9.82. The van der Waals surface area contributed by atoms with Gasteiger partial charge >= 0.3 is 5.97 Å². The van der Waals surface area contributed by atoms with Crippen LogP contribution in [0.3, 0.4) is 0 Å². The van der Waals surface area contributed by atoms with Crippen molar-refractivity contribution in [3.8, 4) is 0 Å². The normalized spacial score (nSPS) is 25.0. The second kappa shape index (κ2) is 8.70. The molecule has 2 aliphatic heterocycles. The number of carbonyl (C=O) groups excluding carboxylic acids is 2.